The average Bonchev–Trinajstić information content (AvgIpc) is 3.46. The zero-order valence-electron chi connectivity index (χ0n) is 24.5. The monoisotopic (exact) mass is 649 g/mol. The molecule has 3 aromatic rings. The first-order valence-electron chi connectivity index (χ1n) is 13.0. The molecule has 43 heavy (non-hydrogen) atoms. The Balaban J connectivity index is 0.000000300. The minimum Gasteiger partial charge on any atom is -0.453 e. The number of aliphatic hydroxyl groups is 1. The number of rotatable bonds is 7. The van der Waals surface area contributed by atoms with E-state index in [-0.39, 0.29) is 15.6 Å². The summed E-state index contributed by atoms with van der Waals surface area (Å²) in [4.78, 5) is 26.1. The van der Waals surface area contributed by atoms with Crippen molar-refractivity contribution in [3.63, 3.8) is 0 Å². The lowest BCUT2D eigenvalue weighted by Crippen LogP contribution is -2.47. The number of nitrogens with one attached hydrogen (secondary N) is 4. The first-order chi connectivity index (χ1) is 20.3. The lowest BCUT2D eigenvalue weighted by Gasteiger charge is -2.40. The van der Waals surface area contributed by atoms with Gasteiger partial charge in [0.15, 0.2) is 10.2 Å². The number of halogens is 1. The first-order valence-corrected chi connectivity index (χ1v) is 14.2. The lowest BCUT2D eigenvalue weighted by atomic mass is 9.73. The summed E-state index contributed by atoms with van der Waals surface area (Å²) in [6.45, 7) is 6.58. The summed E-state index contributed by atoms with van der Waals surface area (Å²) < 4.78 is 10.6. The van der Waals surface area contributed by atoms with Crippen LogP contribution >= 0.6 is 36.0 Å². The molecule has 5 N–H and O–H groups in total. The molecule has 3 rings (SSSR count). The number of aromatic nitrogens is 3. The van der Waals surface area contributed by atoms with Crippen molar-refractivity contribution in [1.29, 1.82) is 0 Å². The van der Waals surface area contributed by atoms with Gasteiger partial charge in [-0.2, -0.15) is 5.10 Å². The number of methoxy groups -OCH3 is 2. The molecule has 0 saturated carbocycles. The molecule has 0 spiro atoms. The summed E-state index contributed by atoms with van der Waals surface area (Å²) >= 11 is 15.8. The third-order valence-electron chi connectivity index (χ3n) is 6.25. The van der Waals surface area contributed by atoms with Gasteiger partial charge < -0.3 is 25.2 Å². The molecule has 0 fully saturated rings. The van der Waals surface area contributed by atoms with E-state index in [4.69, 9.17) is 36.0 Å². The standard InChI is InChI=1S/C16H22ClN3O.C12H14N4O4S2/c1-15(2,3)16(21,10-20-12-18-11-19-20)9-8-13-4-6-14(17)7-5-13;1-19-11(17)15-9(21)13-7-5-3-4-6-8(7)14-10(22)16-12(18)20-2/h4-7,11-12,21H,8-10H2,1-3H3;3-6H,1-2H3,(H2,13,15,17,21)(H2,14,16,18,22). The number of thiocarbonyl (C=S) groups is 2. The summed E-state index contributed by atoms with van der Waals surface area (Å²) in [5.41, 5.74) is 1.13. The molecule has 0 radical (unpaired) electrons. The van der Waals surface area contributed by atoms with E-state index < -0.39 is 17.8 Å². The van der Waals surface area contributed by atoms with Crippen molar-refractivity contribution < 1.29 is 24.2 Å². The van der Waals surface area contributed by atoms with Crippen molar-refractivity contribution in [3.05, 3.63) is 71.8 Å². The highest BCUT2D eigenvalue weighted by Gasteiger charge is 2.40. The topological polar surface area (TPSA) is 152 Å². The maximum absolute atomic E-state index is 11.1. The number of hydrogen-bond acceptors (Lipinski definition) is 9. The van der Waals surface area contributed by atoms with E-state index in [9.17, 15) is 14.7 Å². The Morgan fingerprint density at radius 3 is 1.86 bits per heavy atom. The summed E-state index contributed by atoms with van der Waals surface area (Å²) in [6.07, 6.45) is 3.19. The van der Waals surface area contributed by atoms with Crippen LogP contribution < -0.4 is 21.3 Å². The van der Waals surface area contributed by atoms with Crippen LogP contribution in [-0.4, -0.2) is 62.1 Å². The van der Waals surface area contributed by atoms with E-state index in [0.717, 1.165) is 11.4 Å². The van der Waals surface area contributed by atoms with E-state index in [2.05, 4.69) is 40.8 Å². The van der Waals surface area contributed by atoms with Gasteiger partial charge in [-0.15, -0.1) is 0 Å². The maximum atomic E-state index is 11.1. The third kappa shape index (κ3) is 12.1. The highest BCUT2D eigenvalue weighted by Crippen LogP contribution is 2.35. The number of carbonyl (C=O) groups excluding carboxylic acids is 2. The normalized spacial score (nSPS) is 12.0. The van der Waals surface area contributed by atoms with Gasteiger partial charge in [0.05, 0.1) is 37.7 Å². The van der Waals surface area contributed by atoms with Crippen LogP contribution in [0, 0.1) is 5.41 Å². The van der Waals surface area contributed by atoms with Crippen LogP contribution in [0.2, 0.25) is 5.02 Å². The van der Waals surface area contributed by atoms with Crippen molar-refractivity contribution in [1.82, 2.24) is 25.4 Å². The Hall–Kier alpha value is -3.85. The van der Waals surface area contributed by atoms with Gasteiger partial charge in [0.1, 0.15) is 12.7 Å². The lowest BCUT2D eigenvalue weighted by molar-refractivity contribution is -0.0796. The van der Waals surface area contributed by atoms with E-state index >= 15 is 0 Å². The Bertz CT molecular complexity index is 1320. The highest BCUT2D eigenvalue weighted by atomic mass is 35.5. The van der Waals surface area contributed by atoms with Crippen LogP contribution in [0.3, 0.4) is 0 Å². The molecule has 1 atom stereocenters. The summed E-state index contributed by atoms with van der Waals surface area (Å²) in [5.74, 6) is 0. The van der Waals surface area contributed by atoms with E-state index in [1.807, 2.05) is 45.0 Å². The number of para-hydroxylation sites is 2. The molecule has 1 heterocycles. The number of benzene rings is 2. The molecular weight excluding hydrogens is 614 g/mol. The van der Waals surface area contributed by atoms with E-state index in [0.29, 0.717) is 24.3 Å². The average molecular weight is 650 g/mol. The molecule has 2 amide bonds. The number of anilines is 2. The fraction of sp³-hybridized carbons (Fsp3) is 0.357. The molecule has 15 heteroatoms. The molecule has 1 aromatic heterocycles. The van der Waals surface area contributed by atoms with E-state index in [1.54, 1.807) is 35.3 Å². The molecule has 2 aromatic carbocycles. The van der Waals surface area contributed by atoms with Crippen LogP contribution in [-0.2, 0) is 22.4 Å². The zero-order valence-corrected chi connectivity index (χ0v) is 26.9. The number of amides is 2. The van der Waals surface area contributed by atoms with Crippen LogP contribution in [0.4, 0.5) is 21.0 Å². The van der Waals surface area contributed by atoms with Crippen LogP contribution in [0.1, 0.15) is 32.8 Å². The van der Waals surface area contributed by atoms with Crippen molar-refractivity contribution >= 4 is 69.8 Å². The molecule has 0 bridgehead atoms. The smallest absolute Gasteiger partial charge is 0.413 e. The maximum Gasteiger partial charge on any atom is 0.413 e. The largest absolute Gasteiger partial charge is 0.453 e. The fourth-order valence-corrected chi connectivity index (χ4v) is 4.08. The predicted octanol–water partition coefficient (Wildman–Crippen LogP) is 5.13. The fourth-order valence-electron chi connectivity index (χ4n) is 3.57. The molecule has 0 saturated heterocycles. The van der Waals surface area contributed by atoms with Gasteiger partial charge in [0, 0.05) is 5.02 Å². The van der Waals surface area contributed by atoms with Gasteiger partial charge in [-0.25, -0.2) is 14.6 Å². The van der Waals surface area contributed by atoms with Gasteiger partial charge >= 0.3 is 12.2 Å². The van der Waals surface area contributed by atoms with Gasteiger partial charge in [-0.1, -0.05) is 56.6 Å². The van der Waals surface area contributed by atoms with Crippen molar-refractivity contribution in [2.45, 2.75) is 45.8 Å². The number of ether oxygens (including phenoxy) is 2. The third-order valence-corrected chi connectivity index (χ3v) is 6.91. The first kappa shape index (κ1) is 35.3. The van der Waals surface area contributed by atoms with Crippen LogP contribution in [0.15, 0.2) is 61.2 Å². The number of hydrogen-bond donors (Lipinski definition) is 5. The molecule has 1 unspecified atom stereocenters. The van der Waals surface area contributed by atoms with E-state index in [1.165, 1.54) is 26.1 Å². The molecule has 232 valence electrons. The minimum atomic E-state index is -0.861. The Morgan fingerprint density at radius 1 is 0.930 bits per heavy atom. The Morgan fingerprint density at radius 2 is 1.44 bits per heavy atom. The quantitative estimate of drug-likeness (QED) is 0.217. The van der Waals surface area contributed by atoms with Crippen LogP contribution in [0.5, 0.6) is 0 Å². The summed E-state index contributed by atoms with van der Waals surface area (Å²) in [7, 11) is 2.45. The van der Waals surface area contributed by atoms with Gasteiger partial charge in [0.25, 0.3) is 0 Å². The number of aryl methyl sites for hydroxylation is 1. The number of nitrogens with zero attached hydrogens (tertiary/aromatic N) is 3. The second-order valence-electron chi connectivity index (χ2n) is 10.2. The summed E-state index contributed by atoms with van der Waals surface area (Å²) in [5, 5.41) is 26.3. The second kappa shape index (κ2) is 16.7. The predicted molar refractivity (Wildman–Crippen MR) is 174 cm³/mol. The number of alkyl carbamates (subject to hydrolysis) is 2. The van der Waals surface area contributed by atoms with Crippen LogP contribution in [0.25, 0.3) is 0 Å². The second-order valence-corrected chi connectivity index (χ2v) is 11.4. The Kier molecular flexibility index (Phi) is 13.7. The van der Waals surface area contributed by atoms with Crippen molar-refractivity contribution in [2.75, 3.05) is 24.9 Å². The molecule has 0 aliphatic heterocycles. The zero-order chi connectivity index (χ0) is 32.0. The molecule has 0 aliphatic rings. The van der Waals surface area contributed by atoms with Gasteiger partial charge in [-0.05, 0) is 72.5 Å². The molecule has 0 aliphatic carbocycles. The van der Waals surface area contributed by atoms with Gasteiger partial charge in [0.2, 0.25) is 0 Å². The van der Waals surface area contributed by atoms with Gasteiger partial charge in [-0.3, -0.25) is 15.3 Å². The molecular formula is C28H36ClN7O5S2. The van der Waals surface area contributed by atoms with Crippen molar-refractivity contribution in [2.24, 2.45) is 5.41 Å². The van der Waals surface area contributed by atoms with Crippen molar-refractivity contribution in [3.8, 4) is 0 Å². The number of carbonyl (C=O) groups is 2. The SMILES string of the molecule is CC(C)(C)C(O)(CCc1ccc(Cl)cc1)Cn1cncn1.COC(=O)NC(=S)Nc1ccccc1NC(=S)NC(=O)OC. The highest BCUT2D eigenvalue weighted by molar-refractivity contribution is 7.80. The minimum absolute atomic E-state index is 0.0490. The molecule has 12 nitrogen and oxygen atoms in total. The summed E-state index contributed by atoms with van der Waals surface area (Å²) in [6, 6.07) is 14.7. The Labute approximate surface area is 266 Å².